The van der Waals surface area contributed by atoms with Crippen LogP contribution >= 0.6 is 0 Å². The summed E-state index contributed by atoms with van der Waals surface area (Å²) in [5, 5.41) is 21.8. The number of aromatic nitrogens is 5. The Balaban J connectivity index is 0. The maximum atomic E-state index is 10.9. The third-order valence-electron chi connectivity index (χ3n) is 3.51. The first kappa shape index (κ1) is 28.0. The van der Waals surface area contributed by atoms with Gasteiger partial charge in [-0.1, -0.05) is 6.07 Å². The molecule has 3 rings (SSSR count). The van der Waals surface area contributed by atoms with Crippen molar-refractivity contribution in [3.8, 4) is 23.0 Å². The molecule has 1 radical (unpaired) electrons. The second-order valence-electron chi connectivity index (χ2n) is 4.92. The Morgan fingerprint density at radius 3 is 1.46 bits per heavy atom. The minimum atomic E-state index is -0.539. The van der Waals surface area contributed by atoms with Crippen molar-refractivity contribution in [3.63, 3.8) is 0 Å². The van der Waals surface area contributed by atoms with E-state index in [4.69, 9.17) is 0 Å². The Morgan fingerprint density at radius 2 is 1.18 bits per heavy atom. The fourth-order valence-corrected chi connectivity index (χ4v) is 2.30. The van der Waals surface area contributed by atoms with Gasteiger partial charge >= 0.3 is 28.7 Å². The largest absolute Gasteiger partial charge is 3.00 e. The molecule has 0 aliphatic heterocycles. The quantitative estimate of drug-likeness (QED) is 0.201. The van der Waals surface area contributed by atoms with Crippen molar-refractivity contribution in [2.24, 2.45) is 14.1 Å². The van der Waals surface area contributed by atoms with E-state index in [1.165, 1.54) is 23.2 Å². The molecule has 0 fully saturated rings. The first-order valence-corrected chi connectivity index (χ1v) is 6.70. The maximum Gasteiger partial charge on any atom is 3.00 e. The molecule has 0 spiro atoms. The van der Waals surface area contributed by atoms with Gasteiger partial charge in [-0.15, -0.1) is 0 Å². The van der Waals surface area contributed by atoms with Gasteiger partial charge in [-0.05, 0) is 22.0 Å². The molecular formula is C13H11Cl3FeN7O4. The van der Waals surface area contributed by atoms with Crippen molar-refractivity contribution in [1.82, 2.24) is 24.1 Å². The fourth-order valence-electron chi connectivity index (χ4n) is 2.30. The van der Waals surface area contributed by atoms with E-state index in [1.54, 1.807) is 18.2 Å². The molecule has 3 aromatic rings. The van der Waals surface area contributed by atoms with Crippen LogP contribution < -0.4 is 37.2 Å². The number of nitrogens with zero attached hydrogens (tertiary/aromatic N) is 7. The normalized spacial score (nSPS) is 9.21. The number of rotatable bonds is 4. The third kappa shape index (κ3) is 4.97. The number of hydrogen-bond donors (Lipinski definition) is 0. The van der Waals surface area contributed by atoms with Gasteiger partial charge in [0.2, 0.25) is 11.6 Å². The average molecular weight is 491 g/mol. The SMILES string of the molecule is Cn1c([N+](=O)[O-])cnc1-c1cccc(-c2ncc([N+](=O)[O-])n2C)n1.[Cl-].[Cl-].[Cl-].[Fe+3]. The summed E-state index contributed by atoms with van der Waals surface area (Å²) in [6.45, 7) is 0. The number of hydrogen-bond acceptors (Lipinski definition) is 7. The molecule has 0 saturated carbocycles. The zero-order chi connectivity index (χ0) is 17.4. The van der Waals surface area contributed by atoms with Crippen LogP contribution in [-0.4, -0.2) is 33.9 Å². The molecule has 3 heterocycles. The first-order valence-electron chi connectivity index (χ1n) is 6.70. The Kier molecular flexibility index (Phi) is 10.9. The van der Waals surface area contributed by atoms with E-state index in [0.29, 0.717) is 23.0 Å². The first-order chi connectivity index (χ1) is 11.4. The summed E-state index contributed by atoms with van der Waals surface area (Å²) in [6, 6.07) is 4.97. The van der Waals surface area contributed by atoms with Gasteiger partial charge in [0.05, 0.1) is 14.1 Å². The van der Waals surface area contributed by atoms with Crippen molar-refractivity contribution in [3.05, 3.63) is 50.8 Å². The summed E-state index contributed by atoms with van der Waals surface area (Å²) in [5.41, 5.74) is 0.794. The number of nitro groups is 2. The Morgan fingerprint density at radius 1 is 0.821 bits per heavy atom. The zero-order valence-electron chi connectivity index (χ0n) is 14.1. The molecule has 0 bridgehead atoms. The summed E-state index contributed by atoms with van der Waals surface area (Å²) in [7, 11) is 3.03. The molecule has 0 aliphatic rings. The van der Waals surface area contributed by atoms with Crippen LogP contribution in [0.1, 0.15) is 0 Å². The van der Waals surface area contributed by atoms with E-state index in [-0.39, 0.29) is 65.9 Å². The molecular weight excluding hydrogens is 480 g/mol. The minimum Gasteiger partial charge on any atom is -1.00 e. The van der Waals surface area contributed by atoms with Crippen LogP contribution in [0, 0.1) is 20.2 Å². The Labute approximate surface area is 187 Å². The molecule has 3 aromatic heterocycles. The van der Waals surface area contributed by atoms with Crippen LogP contribution in [0.15, 0.2) is 30.6 Å². The van der Waals surface area contributed by atoms with Crippen molar-refractivity contribution in [2.75, 3.05) is 0 Å². The van der Waals surface area contributed by atoms with Crippen LogP contribution in [0.2, 0.25) is 0 Å². The molecule has 0 aromatic carbocycles. The van der Waals surface area contributed by atoms with Gasteiger partial charge < -0.3 is 57.4 Å². The van der Waals surface area contributed by atoms with Gasteiger partial charge in [-0.2, -0.15) is 0 Å². The van der Waals surface area contributed by atoms with E-state index < -0.39 is 9.85 Å². The summed E-state index contributed by atoms with van der Waals surface area (Å²) in [5.74, 6) is 0.300. The van der Waals surface area contributed by atoms with Crippen LogP contribution in [0.5, 0.6) is 0 Å². The summed E-state index contributed by atoms with van der Waals surface area (Å²) >= 11 is 0. The van der Waals surface area contributed by atoms with Crippen molar-refractivity contribution >= 4 is 11.6 Å². The molecule has 0 N–H and O–H groups in total. The fraction of sp³-hybridized carbons (Fsp3) is 0.154. The Bertz CT molecular complexity index is 905. The van der Waals surface area contributed by atoms with Gasteiger partial charge in [-0.25, -0.2) is 24.1 Å². The molecule has 15 heteroatoms. The van der Waals surface area contributed by atoms with Gasteiger partial charge in [-0.3, -0.25) is 0 Å². The molecule has 0 aliphatic carbocycles. The average Bonchev–Trinajstić information content (AvgIpc) is 3.10. The number of pyridine rings is 1. The standard InChI is InChI=1S/C13H11N7O4.3ClH.Fe/c1-17-10(19(21)22)6-14-12(17)8-4-3-5-9(16-8)13-15-7-11(18(13)2)20(23)24;;;;/h3-7H,1-2H3;3*1H;/q;;;;+3/p-3. The predicted octanol–water partition coefficient (Wildman–Crippen LogP) is -7.29. The molecule has 0 amide bonds. The van der Waals surface area contributed by atoms with Crippen LogP contribution in [0.3, 0.4) is 0 Å². The van der Waals surface area contributed by atoms with E-state index in [1.807, 2.05) is 0 Å². The van der Waals surface area contributed by atoms with Crippen molar-refractivity contribution in [2.45, 2.75) is 0 Å². The topological polar surface area (TPSA) is 135 Å². The smallest absolute Gasteiger partial charge is 1.00 e. The molecule has 0 unspecified atom stereocenters. The predicted molar refractivity (Wildman–Crippen MR) is 81.9 cm³/mol. The van der Waals surface area contributed by atoms with Gasteiger partial charge in [0.1, 0.15) is 23.8 Å². The Hall–Kier alpha value is -2.24. The summed E-state index contributed by atoms with van der Waals surface area (Å²) in [4.78, 5) is 33.2. The van der Waals surface area contributed by atoms with E-state index >= 15 is 0 Å². The summed E-state index contributed by atoms with van der Waals surface area (Å²) in [6.07, 6.45) is 2.30. The molecule has 11 nitrogen and oxygen atoms in total. The van der Waals surface area contributed by atoms with E-state index in [2.05, 4.69) is 15.0 Å². The van der Waals surface area contributed by atoms with Crippen molar-refractivity contribution in [1.29, 1.82) is 0 Å². The molecule has 0 atom stereocenters. The molecule has 0 saturated heterocycles. The minimum absolute atomic E-state index is 0. The second-order valence-corrected chi connectivity index (χ2v) is 4.92. The third-order valence-corrected chi connectivity index (χ3v) is 3.51. The van der Waals surface area contributed by atoms with Crippen LogP contribution in [0.4, 0.5) is 11.6 Å². The van der Waals surface area contributed by atoms with Crippen LogP contribution in [-0.2, 0) is 31.2 Å². The monoisotopic (exact) mass is 490 g/mol. The zero-order valence-corrected chi connectivity index (χ0v) is 17.5. The van der Waals surface area contributed by atoms with Crippen molar-refractivity contribution < 1.29 is 64.1 Å². The number of imidazole rings is 2. The molecule has 151 valence electrons. The second kappa shape index (κ2) is 10.9. The summed E-state index contributed by atoms with van der Waals surface area (Å²) < 4.78 is 2.62. The van der Waals surface area contributed by atoms with Gasteiger partial charge in [0, 0.05) is 0 Å². The number of halogens is 3. The molecule has 28 heavy (non-hydrogen) atoms. The van der Waals surface area contributed by atoms with Gasteiger partial charge in [0.25, 0.3) is 0 Å². The van der Waals surface area contributed by atoms with Gasteiger partial charge in [0.15, 0.2) is 0 Å². The van der Waals surface area contributed by atoms with E-state index in [0.717, 1.165) is 12.4 Å². The maximum absolute atomic E-state index is 10.9. The van der Waals surface area contributed by atoms with E-state index in [9.17, 15) is 20.2 Å². The van der Waals surface area contributed by atoms with Crippen LogP contribution in [0.25, 0.3) is 23.0 Å².